The van der Waals surface area contributed by atoms with Crippen molar-refractivity contribution in [3.05, 3.63) is 56.9 Å². The highest BCUT2D eigenvalue weighted by molar-refractivity contribution is 7.16. The minimum atomic E-state index is -0.587. The number of ether oxygens (including phenoxy) is 2. The number of thiazole rings is 1. The van der Waals surface area contributed by atoms with Gasteiger partial charge in [-0.25, -0.2) is 0 Å². The van der Waals surface area contributed by atoms with Crippen molar-refractivity contribution in [1.82, 2.24) is 4.57 Å². The number of nitro groups is 1. The van der Waals surface area contributed by atoms with Gasteiger partial charge in [0.2, 0.25) is 6.79 Å². The van der Waals surface area contributed by atoms with Crippen LogP contribution in [0.1, 0.15) is 10.4 Å². The van der Waals surface area contributed by atoms with Gasteiger partial charge in [0.1, 0.15) is 0 Å². The number of fused-ring (bicyclic) bond motifs is 2. The number of carbonyl (C=O) groups excluding carboxylic acids is 1. The van der Waals surface area contributed by atoms with E-state index < -0.39 is 10.8 Å². The van der Waals surface area contributed by atoms with Crippen molar-refractivity contribution in [2.75, 3.05) is 6.79 Å². The Morgan fingerprint density at radius 1 is 1.33 bits per heavy atom. The van der Waals surface area contributed by atoms with Crippen molar-refractivity contribution in [1.29, 1.82) is 0 Å². The number of hydrogen-bond acceptors (Lipinski definition) is 6. The maximum atomic E-state index is 12.5. The van der Waals surface area contributed by atoms with E-state index in [1.165, 1.54) is 35.6 Å². The number of nitrogens with zero attached hydrogens (tertiary/aromatic N) is 3. The highest BCUT2D eigenvalue weighted by Gasteiger charge is 2.18. The maximum Gasteiger partial charge on any atom is 0.279 e. The lowest BCUT2D eigenvalue weighted by Gasteiger charge is -2.01. The van der Waals surface area contributed by atoms with Crippen molar-refractivity contribution in [3.63, 3.8) is 0 Å². The second-order valence-electron chi connectivity index (χ2n) is 5.57. The fourth-order valence-corrected chi connectivity index (χ4v) is 3.73. The fraction of sp³-hybridized carbons (Fsp3) is 0.111. The van der Waals surface area contributed by atoms with Crippen molar-refractivity contribution >= 4 is 33.1 Å². The zero-order valence-electron chi connectivity index (χ0n) is 13.7. The molecule has 1 aliphatic rings. The van der Waals surface area contributed by atoms with E-state index in [4.69, 9.17) is 15.9 Å². The number of benzene rings is 2. The van der Waals surface area contributed by atoms with Crippen LogP contribution >= 0.6 is 11.3 Å². The summed E-state index contributed by atoms with van der Waals surface area (Å²) in [7, 11) is 0. The highest BCUT2D eigenvalue weighted by atomic mass is 32.1. The number of hydrogen-bond donors (Lipinski definition) is 0. The third-order valence-electron chi connectivity index (χ3n) is 3.93. The van der Waals surface area contributed by atoms with Gasteiger partial charge in [-0.15, -0.1) is 6.42 Å². The molecule has 0 saturated carbocycles. The lowest BCUT2D eigenvalue weighted by atomic mass is 10.2. The van der Waals surface area contributed by atoms with Crippen LogP contribution in [-0.4, -0.2) is 22.2 Å². The molecule has 0 bridgehead atoms. The molecule has 0 unspecified atom stereocenters. The molecule has 0 spiro atoms. The van der Waals surface area contributed by atoms with Crippen LogP contribution in [0.2, 0.25) is 0 Å². The molecule has 0 radical (unpaired) electrons. The fourth-order valence-electron chi connectivity index (χ4n) is 2.69. The van der Waals surface area contributed by atoms with Crippen LogP contribution in [0.15, 0.2) is 41.4 Å². The van der Waals surface area contributed by atoms with E-state index in [0.29, 0.717) is 16.3 Å². The number of amides is 1. The molecule has 0 saturated heterocycles. The van der Waals surface area contributed by atoms with E-state index in [1.54, 1.807) is 10.6 Å². The first-order valence-corrected chi connectivity index (χ1v) is 8.58. The van der Waals surface area contributed by atoms with Gasteiger partial charge in [0.15, 0.2) is 16.3 Å². The van der Waals surface area contributed by atoms with Gasteiger partial charge >= 0.3 is 0 Å². The van der Waals surface area contributed by atoms with Crippen LogP contribution in [-0.2, 0) is 6.54 Å². The molecule has 2 heterocycles. The molecule has 0 fully saturated rings. The topological polar surface area (TPSA) is 96.0 Å². The normalized spacial score (nSPS) is 12.9. The minimum absolute atomic E-state index is 0.128. The van der Waals surface area contributed by atoms with E-state index >= 15 is 0 Å². The van der Waals surface area contributed by atoms with E-state index in [2.05, 4.69) is 10.9 Å². The summed E-state index contributed by atoms with van der Waals surface area (Å²) in [6.45, 7) is 0.366. The van der Waals surface area contributed by atoms with Crippen molar-refractivity contribution < 1.29 is 19.2 Å². The maximum absolute atomic E-state index is 12.5. The zero-order valence-corrected chi connectivity index (χ0v) is 14.6. The largest absolute Gasteiger partial charge is 0.454 e. The van der Waals surface area contributed by atoms with Crippen LogP contribution < -0.4 is 14.3 Å². The summed E-state index contributed by atoms with van der Waals surface area (Å²) >= 11 is 1.27. The predicted molar refractivity (Wildman–Crippen MR) is 97.8 cm³/mol. The molecule has 0 atom stereocenters. The molecule has 27 heavy (non-hydrogen) atoms. The monoisotopic (exact) mass is 381 g/mol. The van der Waals surface area contributed by atoms with Gasteiger partial charge in [-0.05, 0) is 6.07 Å². The van der Waals surface area contributed by atoms with Crippen molar-refractivity contribution in [2.45, 2.75) is 6.54 Å². The number of carbonyl (C=O) groups is 1. The number of aromatic nitrogens is 1. The number of nitro benzene ring substituents is 1. The van der Waals surface area contributed by atoms with Crippen LogP contribution in [0, 0.1) is 22.5 Å². The second-order valence-corrected chi connectivity index (χ2v) is 6.58. The first-order valence-electron chi connectivity index (χ1n) is 7.77. The molecule has 9 heteroatoms. The van der Waals surface area contributed by atoms with Gasteiger partial charge in [0, 0.05) is 29.8 Å². The van der Waals surface area contributed by atoms with E-state index in [0.717, 1.165) is 10.2 Å². The third kappa shape index (κ3) is 3.02. The predicted octanol–water partition coefficient (Wildman–Crippen LogP) is 2.71. The summed E-state index contributed by atoms with van der Waals surface area (Å²) < 4.78 is 13.3. The van der Waals surface area contributed by atoms with E-state index in [1.807, 2.05) is 6.07 Å². The molecule has 0 aliphatic carbocycles. The molecule has 2 aromatic carbocycles. The standard InChI is InChI=1S/C18H11N3O5S/c1-2-6-20-13-8-14-15(26-10-25-14)9-16(13)27-18(20)19-17(22)11-4-3-5-12(7-11)21(23)24/h1,3-5,7-9H,6,10H2. The Morgan fingerprint density at radius 2 is 2.11 bits per heavy atom. The van der Waals surface area contributed by atoms with Gasteiger partial charge in [-0.1, -0.05) is 23.3 Å². The summed E-state index contributed by atoms with van der Waals surface area (Å²) in [4.78, 5) is 27.4. The van der Waals surface area contributed by atoms with Crippen molar-refractivity contribution in [2.24, 2.45) is 4.99 Å². The number of non-ortho nitro benzene ring substituents is 1. The zero-order chi connectivity index (χ0) is 19.0. The average molecular weight is 381 g/mol. The van der Waals surface area contributed by atoms with Crippen LogP contribution in [0.25, 0.3) is 10.2 Å². The molecule has 0 N–H and O–H groups in total. The minimum Gasteiger partial charge on any atom is -0.454 e. The van der Waals surface area contributed by atoms with E-state index in [-0.39, 0.29) is 24.6 Å². The molecule has 134 valence electrons. The quantitative estimate of drug-likeness (QED) is 0.395. The Morgan fingerprint density at radius 3 is 2.85 bits per heavy atom. The van der Waals surface area contributed by atoms with Gasteiger partial charge in [0.25, 0.3) is 11.6 Å². The second kappa shape index (κ2) is 6.59. The molecule has 4 rings (SSSR count). The SMILES string of the molecule is C#CCn1c(=NC(=O)c2cccc([N+](=O)[O-])c2)sc2cc3c(cc21)OCO3. The molecule has 1 aromatic heterocycles. The average Bonchev–Trinajstić information content (AvgIpc) is 3.24. The summed E-state index contributed by atoms with van der Waals surface area (Å²) in [5, 5.41) is 10.9. The Kier molecular flexibility index (Phi) is 4.10. The van der Waals surface area contributed by atoms with Gasteiger partial charge < -0.3 is 14.0 Å². The number of terminal acetylenes is 1. The van der Waals surface area contributed by atoms with Gasteiger partial charge in [-0.2, -0.15) is 4.99 Å². The Balaban J connectivity index is 1.84. The molecular weight excluding hydrogens is 370 g/mol. The first-order chi connectivity index (χ1) is 13.1. The van der Waals surface area contributed by atoms with Crippen molar-refractivity contribution in [3.8, 4) is 23.8 Å². The summed E-state index contributed by atoms with van der Waals surface area (Å²) in [5.74, 6) is 3.18. The summed E-state index contributed by atoms with van der Waals surface area (Å²) in [5.41, 5.74) is 0.727. The van der Waals surface area contributed by atoms with Gasteiger partial charge in [-0.3, -0.25) is 14.9 Å². The first kappa shape index (κ1) is 16.8. The smallest absolute Gasteiger partial charge is 0.279 e. The Hall–Kier alpha value is -3.64. The van der Waals surface area contributed by atoms with Crippen LogP contribution in [0.3, 0.4) is 0 Å². The van der Waals surface area contributed by atoms with Crippen LogP contribution in [0.5, 0.6) is 11.5 Å². The third-order valence-corrected chi connectivity index (χ3v) is 4.97. The molecule has 3 aromatic rings. The van der Waals surface area contributed by atoms with Gasteiger partial charge in [0.05, 0.1) is 21.7 Å². The Bertz CT molecular complexity index is 1200. The summed E-state index contributed by atoms with van der Waals surface area (Å²) in [6.07, 6.45) is 5.46. The lowest BCUT2D eigenvalue weighted by molar-refractivity contribution is -0.384. The molecule has 1 aliphatic heterocycles. The molecular formula is C18H11N3O5S. The molecule has 8 nitrogen and oxygen atoms in total. The summed E-state index contributed by atoms with van der Waals surface area (Å²) in [6, 6.07) is 9.04. The number of rotatable bonds is 3. The van der Waals surface area contributed by atoms with Crippen LogP contribution in [0.4, 0.5) is 5.69 Å². The lowest BCUT2D eigenvalue weighted by Crippen LogP contribution is -2.16. The highest BCUT2D eigenvalue weighted by Crippen LogP contribution is 2.36. The van der Waals surface area contributed by atoms with E-state index in [9.17, 15) is 14.9 Å². The Labute approximate surface area is 156 Å². The molecule has 1 amide bonds.